The number of rotatable bonds is 9. The molecule has 35 heavy (non-hydrogen) atoms. The number of aromatic amines is 1. The molecule has 2 aromatic rings. The Balaban J connectivity index is 1.66. The lowest BCUT2D eigenvalue weighted by Crippen LogP contribution is -2.42. The second kappa shape index (κ2) is 10.8. The first-order chi connectivity index (χ1) is 16.5. The topological polar surface area (TPSA) is 204 Å². The fourth-order valence-electron chi connectivity index (χ4n) is 3.32. The molecular formula is C20H27FN6O8. The Morgan fingerprint density at radius 2 is 2.06 bits per heavy atom. The maximum atomic E-state index is 14.7. The van der Waals surface area contributed by atoms with Crippen LogP contribution >= 0.6 is 0 Å². The molecule has 0 bridgehead atoms. The molecule has 2 aromatic heterocycles. The van der Waals surface area contributed by atoms with Gasteiger partial charge in [0, 0.05) is 6.42 Å². The van der Waals surface area contributed by atoms with Crippen LogP contribution < -0.4 is 17.0 Å². The van der Waals surface area contributed by atoms with Crippen molar-refractivity contribution in [2.75, 3.05) is 19.5 Å². The van der Waals surface area contributed by atoms with Crippen molar-refractivity contribution in [1.82, 2.24) is 19.5 Å². The number of alkyl halides is 1. The molecule has 5 N–H and O–H groups in total. The molecular weight excluding hydrogens is 471 g/mol. The van der Waals surface area contributed by atoms with Crippen molar-refractivity contribution in [3.8, 4) is 0 Å². The first-order valence-corrected chi connectivity index (χ1v) is 10.7. The molecule has 3 heterocycles. The number of nitrogens with one attached hydrogen (secondary N) is 1. The number of hydrogen-bond acceptors (Lipinski definition) is 12. The Morgan fingerprint density at radius 1 is 1.34 bits per heavy atom. The number of nitrogens with zero attached hydrogens (tertiary/aromatic N) is 3. The van der Waals surface area contributed by atoms with Gasteiger partial charge in [0.1, 0.15) is 31.2 Å². The minimum Gasteiger partial charge on any atom is -0.469 e. The maximum Gasteiger partial charge on any atom is 0.348 e. The average Bonchev–Trinajstić information content (AvgIpc) is 3.39. The van der Waals surface area contributed by atoms with Crippen LogP contribution in [-0.4, -0.2) is 75.6 Å². The monoisotopic (exact) mass is 498 g/mol. The number of halogens is 1. The molecule has 5 atom stereocenters. The molecule has 0 spiro atoms. The quantitative estimate of drug-likeness (QED) is 0.291. The maximum absolute atomic E-state index is 14.7. The van der Waals surface area contributed by atoms with Gasteiger partial charge in [0.15, 0.2) is 11.2 Å². The highest BCUT2D eigenvalue weighted by Gasteiger charge is 2.39. The van der Waals surface area contributed by atoms with Crippen LogP contribution in [0.4, 0.5) is 10.3 Å². The molecule has 14 nitrogen and oxygen atoms in total. The number of aromatic nitrogens is 4. The number of methoxy groups -OCH3 is 1. The summed E-state index contributed by atoms with van der Waals surface area (Å²) in [6, 6.07) is -1.03. The number of H-pyrrole nitrogens is 1. The fraction of sp³-hybridized carbons (Fsp3) is 0.600. The number of ether oxygens (including phenoxy) is 4. The van der Waals surface area contributed by atoms with E-state index in [1.807, 2.05) is 0 Å². The summed E-state index contributed by atoms with van der Waals surface area (Å²) in [5.74, 6) is -3.25. The van der Waals surface area contributed by atoms with Crippen LogP contribution in [-0.2, 0) is 33.3 Å². The van der Waals surface area contributed by atoms with Gasteiger partial charge >= 0.3 is 17.9 Å². The third-order valence-corrected chi connectivity index (χ3v) is 5.40. The number of esters is 3. The summed E-state index contributed by atoms with van der Waals surface area (Å²) < 4.78 is 36.3. The third-order valence-electron chi connectivity index (χ3n) is 5.40. The highest BCUT2D eigenvalue weighted by molar-refractivity contribution is 5.85. The lowest BCUT2D eigenvalue weighted by molar-refractivity contribution is -0.175. The summed E-state index contributed by atoms with van der Waals surface area (Å²) in [4.78, 5) is 58.6. The highest BCUT2D eigenvalue weighted by Crippen LogP contribution is 2.32. The van der Waals surface area contributed by atoms with E-state index in [1.54, 1.807) is 13.8 Å². The van der Waals surface area contributed by atoms with E-state index >= 15 is 0 Å². The Hall–Kier alpha value is -3.59. The molecule has 15 heteroatoms. The van der Waals surface area contributed by atoms with Gasteiger partial charge in [-0.25, -0.2) is 14.2 Å². The van der Waals surface area contributed by atoms with Crippen LogP contribution in [0.2, 0.25) is 0 Å². The van der Waals surface area contributed by atoms with E-state index in [1.165, 1.54) is 10.9 Å². The largest absolute Gasteiger partial charge is 0.469 e. The summed E-state index contributed by atoms with van der Waals surface area (Å²) in [5.41, 5.74) is 10.8. The Kier molecular flexibility index (Phi) is 8.01. The minimum absolute atomic E-state index is 0.000148. The lowest BCUT2D eigenvalue weighted by Gasteiger charge is -2.21. The van der Waals surface area contributed by atoms with E-state index in [9.17, 15) is 23.6 Å². The van der Waals surface area contributed by atoms with E-state index in [2.05, 4.69) is 19.7 Å². The molecule has 1 saturated heterocycles. The number of hydrogen-bond donors (Lipinski definition) is 3. The molecule has 192 valence electrons. The van der Waals surface area contributed by atoms with Crippen molar-refractivity contribution in [3.63, 3.8) is 0 Å². The fourth-order valence-corrected chi connectivity index (χ4v) is 3.32. The zero-order valence-electron chi connectivity index (χ0n) is 19.3. The number of nitrogens with two attached hydrogens (primary N) is 2. The van der Waals surface area contributed by atoms with Crippen LogP contribution in [0.1, 0.15) is 32.9 Å². The van der Waals surface area contributed by atoms with Crippen molar-refractivity contribution in [1.29, 1.82) is 0 Å². The van der Waals surface area contributed by atoms with Crippen LogP contribution in [0.15, 0.2) is 11.1 Å². The van der Waals surface area contributed by atoms with E-state index < -0.39 is 67.1 Å². The minimum atomic E-state index is -1.63. The molecule has 1 aliphatic rings. The third kappa shape index (κ3) is 5.92. The van der Waals surface area contributed by atoms with Crippen molar-refractivity contribution in [3.05, 3.63) is 16.7 Å². The van der Waals surface area contributed by atoms with Gasteiger partial charge in [-0.1, -0.05) is 13.8 Å². The van der Waals surface area contributed by atoms with Crippen LogP contribution in [0.25, 0.3) is 11.2 Å². The molecule has 1 aliphatic heterocycles. The molecule has 0 aliphatic carbocycles. The summed E-state index contributed by atoms with van der Waals surface area (Å²) in [5, 5.41) is 0. The predicted molar refractivity (Wildman–Crippen MR) is 116 cm³/mol. The van der Waals surface area contributed by atoms with Crippen molar-refractivity contribution < 1.29 is 37.7 Å². The van der Waals surface area contributed by atoms with E-state index in [0.717, 1.165) is 7.11 Å². The van der Waals surface area contributed by atoms with Crippen molar-refractivity contribution >= 4 is 35.0 Å². The van der Waals surface area contributed by atoms with Crippen LogP contribution in [0.3, 0.4) is 0 Å². The number of carbonyl (C=O) groups is 3. The average molecular weight is 498 g/mol. The lowest BCUT2D eigenvalue weighted by atomic mass is 10.1. The highest BCUT2D eigenvalue weighted by atomic mass is 19.1. The number of carbonyl (C=O) groups excluding carboxylic acids is 3. The Bertz CT molecular complexity index is 1150. The zero-order chi connectivity index (χ0) is 25.9. The summed E-state index contributed by atoms with van der Waals surface area (Å²) in [6.07, 6.45) is -4.77. The van der Waals surface area contributed by atoms with Gasteiger partial charge < -0.3 is 30.4 Å². The Morgan fingerprint density at radius 3 is 2.71 bits per heavy atom. The molecule has 1 fully saturated rings. The first-order valence-electron chi connectivity index (χ1n) is 10.7. The standard InChI is InChI=1S/C20H27FN6O8/c1-8(2)14(22)19(31)35-10(5-13(28)32-3)18(30)33-6-11-9(21)4-12(34-11)27-7-24-15-16(27)25-20(23)26-17(15)29/h7-12,14H,4-6,22H2,1-3H3,(H3,23,25,26,29)/t9?,10?,11-,12-,14+/m1/s1. The second-order valence-electron chi connectivity index (χ2n) is 8.26. The van der Waals surface area contributed by atoms with Gasteiger partial charge in [0.25, 0.3) is 5.56 Å². The Labute approximate surface area is 198 Å². The number of fused-ring (bicyclic) bond motifs is 1. The van der Waals surface area contributed by atoms with E-state index in [0.29, 0.717) is 0 Å². The van der Waals surface area contributed by atoms with Crippen molar-refractivity contribution in [2.45, 2.75) is 57.3 Å². The number of imidazole rings is 1. The second-order valence-corrected chi connectivity index (χ2v) is 8.26. The van der Waals surface area contributed by atoms with E-state index in [-0.39, 0.29) is 29.5 Å². The molecule has 0 aromatic carbocycles. The smallest absolute Gasteiger partial charge is 0.348 e. The zero-order valence-corrected chi connectivity index (χ0v) is 19.3. The van der Waals surface area contributed by atoms with Gasteiger partial charge in [0.05, 0.1) is 19.9 Å². The molecule has 3 rings (SSSR count). The van der Waals surface area contributed by atoms with Crippen LogP contribution in [0.5, 0.6) is 0 Å². The SMILES string of the molecule is COC(=O)CC(OC(=O)[C@@H](N)C(C)C)C(=O)OC[C@H]1O[C@@H](n2cnc3c(=O)[nH]c(N)nc32)CC1F. The summed E-state index contributed by atoms with van der Waals surface area (Å²) >= 11 is 0. The number of nitrogen functional groups attached to an aromatic ring is 1. The van der Waals surface area contributed by atoms with E-state index in [4.69, 9.17) is 25.7 Å². The van der Waals surface area contributed by atoms with Gasteiger partial charge in [-0.15, -0.1) is 0 Å². The number of anilines is 1. The van der Waals surface area contributed by atoms with Crippen LogP contribution in [0, 0.1) is 5.92 Å². The summed E-state index contributed by atoms with van der Waals surface area (Å²) in [6.45, 7) is 2.82. The predicted octanol–water partition coefficient (Wildman–Crippen LogP) is -0.671. The van der Waals surface area contributed by atoms with Gasteiger partial charge in [-0.3, -0.25) is 23.9 Å². The van der Waals surface area contributed by atoms with Crippen molar-refractivity contribution in [2.24, 2.45) is 11.7 Å². The molecule has 0 saturated carbocycles. The summed E-state index contributed by atoms with van der Waals surface area (Å²) in [7, 11) is 1.10. The first kappa shape index (κ1) is 26.0. The van der Waals surface area contributed by atoms with Gasteiger partial charge in [-0.2, -0.15) is 4.98 Å². The normalized spacial score (nSPS) is 21.6. The molecule has 0 radical (unpaired) electrons. The van der Waals surface area contributed by atoms with Gasteiger partial charge in [0.2, 0.25) is 12.1 Å². The molecule has 2 unspecified atom stereocenters. The molecule has 0 amide bonds. The van der Waals surface area contributed by atoms with Gasteiger partial charge in [-0.05, 0) is 5.92 Å².